The summed E-state index contributed by atoms with van der Waals surface area (Å²) >= 11 is 0. The molecule has 0 radical (unpaired) electrons. The van der Waals surface area contributed by atoms with Crippen LogP contribution in [0.1, 0.15) is 40.8 Å². The van der Waals surface area contributed by atoms with Gasteiger partial charge in [-0.15, -0.1) is 0 Å². The SMILES string of the molecule is Cc1coc2cc(C(F)(F)F)c(C(O)CC3c4ccccc4-c4cncn43)cc12. The normalized spacial score (nSPS) is 16.8. The lowest BCUT2D eigenvalue weighted by Gasteiger charge is -2.22. The molecule has 3 heterocycles. The summed E-state index contributed by atoms with van der Waals surface area (Å²) < 4.78 is 48.3. The van der Waals surface area contributed by atoms with E-state index in [0.29, 0.717) is 5.39 Å². The molecule has 2 atom stereocenters. The molecule has 5 rings (SSSR count). The lowest BCUT2D eigenvalue weighted by Crippen LogP contribution is -2.15. The number of benzene rings is 2. The second-order valence-corrected chi connectivity index (χ2v) is 7.39. The average molecular weight is 398 g/mol. The number of aliphatic hydroxyl groups excluding tert-OH is 1. The second-order valence-electron chi connectivity index (χ2n) is 7.39. The Kier molecular flexibility index (Phi) is 3.86. The fourth-order valence-electron chi connectivity index (χ4n) is 4.25. The highest BCUT2D eigenvalue weighted by Crippen LogP contribution is 2.45. The van der Waals surface area contributed by atoms with Crippen LogP contribution in [0.5, 0.6) is 0 Å². The van der Waals surface area contributed by atoms with E-state index in [2.05, 4.69) is 4.98 Å². The predicted octanol–water partition coefficient (Wildman–Crippen LogP) is 5.65. The zero-order chi connectivity index (χ0) is 20.3. The van der Waals surface area contributed by atoms with Crippen LogP contribution in [0.4, 0.5) is 13.2 Å². The molecule has 4 nitrogen and oxygen atoms in total. The van der Waals surface area contributed by atoms with E-state index in [1.54, 1.807) is 19.4 Å². The number of rotatable bonds is 3. The van der Waals surface area contributed by atoms with Gasteiger partial charge in [0.05, 0.1) is 42.2 Å². The van der Waals surface area contributed by atoms with Gasteiger partial charge in [0.15, 0.2) is 0 Å². The van der Waals surface area contributed by atoms with Gasteiger partial charge >= 0.3 is 6.18 Å². The van der Waals surface area contributed by atoms with Crippen molar-refractivity contribution in [2.45, 2.75) is 31.7 Å². The maximum Gasteiger partial charge on any atom is 0.416 e. The Bertz CT molecular complexity index is 1220. The second kappa shape index (κ2) is 6.22. The summed E-state index contributed by atoms with van der Waals surface area (Å²) in [5.41, 5.74) is 2.73. The number of hydrogen-bond donors (Lipinski definition) is 1. The smallest absolute Gasteiger partial charge is 0.416 e. The van der Waals surface area contributed by atoms with E-state index in [-0.39, 0.29) is 23.6 Å². The molecule has 4 aromatic rings. The number of aliphatic hydroxyl groups is 1. The first kappa shape index (κ1) is 18.0. The Morgan fingerprint density at radius 2 is 2.03 bits per heavy atom. The van der Waals surface area contributed by atoms with E-state index >= 15 is 0 Å². The monoisotopic (exact) mass is 398 g/mol. The van der Waals surface area contributed by atoms with Gasteiger partial charge in [0, 0.05) is 17.4 Å². The number of alkyl halides is 3. The van der Waals surface area contributed by atoms with Crippen molar-refractivity contribution >= 4 is 11.0 Å². The van der Waals surface area contributed by atoms with Crippen LogP contribution in [-0.4, -0.2) is 14.7 Å². The number of fused-ring (bicyclic) bond motifs is 4. The van der Waals surface area contributed by atoms with Crippen LogP contribution in [0.25, 0.3) is 22.2 Å². The van der Waals surface area contributed by atoms with Gasteiger partial charge in [-0.05, 0) is 35.7 Å². The third-order valence-electron chi connectivity index (χ3n) is 5.65. The van der Waals surface area contributed by atoms with E-state index < -0.39 is 17.8 Å². The van der Waals surface area contributed by atoms with E-state index in [9.17, 15) is 18.3 Å². The Labute approximate surface area is 164 Å². The van der Waals surface area contributed by atoms with Gasteiger partial charge in [-0.3, -0.25) is 0 Å². The summed E-state index contributed by atoms with van der Waals surface area (Å²) in [7, 11) is 0. The van der Waals surface area contributed by atoms with Gasteiger partial charge in [0.2, 0.25) is 0 Å². The predicted molar refractivity (Wildman–Crippen MR) is 101 cm³/mol. The van der Waals surface area contributed by atoms with Gasteiger partial charge in [-0.1, -0.05) is 24.3 Å². The van der Waals surface area contributed by atoms with Crippen molar-refractivity contribution in [1.29, 1.82) is 0 Å². The number of halogens is 3. The lowest BCUT2D eigenvalue weighted by molar-refractivity contribution is -0.139. The average Bonchev–Trinajstić information content (AvgIpc) is 3.37. The Hall–Kier alpha value is -3.06. The van der Waals surface area contributed by atoms with Gasteiger partial charge < -0.3 is 14.1 Å². The van der Waals surface area contributed by atoms with Crippen LogP contribution >= 0.6 is 0 Å². The maximum atomic E-state index is 13.7. The third kappa shape index (κ3) is 2.76. The van der Waals surface area contributed by atoms with Gasteiger partial charge in [0.25, 0.3) is 0 Å². The molecule has 0 fully saturated rings. The molecule has 2 unspecified atom stereocenters. The molecule has 0 amide bonds. The molecular formula is C22H17F3N2O2. The molecule has 29 heavy (non-hydrogen) atoms. The molecule has 1 aliphatic heterocycles. The quantitative estimate of drug-likeness (QED) is 0.485. The first-order valence-electron chi connectivity index (χ1n) is 9.22. The van der Waals surface area contributed by atoms with Crippen LogP contribution in [0.3, 0.4) is 0 Å². The van der Waals surface area contributed by atoms with Crippen LogP contribution < -0.4 is 0 Å². The van der Waals surface area contributed by atoms with Gasteiger partial charge in [-0.2, -0.15) is 13.2 Å². The molecule has 2 aromatic heterocycles. The zero-order valence-electron chi connectivity index (χ0n) is 15.4. The van der Waals surface area contributed by atoms with Crippen LogP contribution in [0.15, 0.2) is 59.6 Å². The summed E-state index contributed by atoms with van der Waals surface area (Å²) in [5, 5.41) is 11.5. The molecule has 0 saturated heterocycles. The highest BCUT2D eigenvalue weighted by molar-refractivity contribution is 5.83. The topological polar surface area (TPSA) is 51.2 Å². The van der Waals surface area contributed by atoms with Crippen molar-refractivity contribution < 1.29 is 22.7 Å². The molecule has 0 spiro atoms. The highest BCUT2D eigenvalue weighted by atomic mass is 19.4. The van der Waals surface area contributed by atoms with E-state index in [1.165, 1.54) is 12.3 Å². The zero-order valence-corrected chi connectivity index (χ0v) is 15.4. The highest BCUT2D eigenvalue weighted by Gasteiger charge is 2.38. The molecule has 2 aromatic carbocycles. The van der Waals surface area contributed by atoms with E-state index in [1.807, 2.05) is 28.8 Å². The van der Waals surface area contributed by atoms with Gasteiger partial charge in [0.1, 0.15) is 5.58 Å². The third-order valence-corrected chi connectivity index (χ3v) is 5.65. The molecule has 7 heteroatoms. The van der Waals surface area contributed by atoms with Gasteiger partial charge in [-0.25, -0.2) is 4.98 Å². The minimum absolute atomic E-state index is 0.103. The fraction of sp³-hybridized carbons (Fsp3) is 0.227. The number of furan rings is 1. The van der Waals surface area contributed by atoms with Crippen LogP contribution in [0, 0.1) is 6.92 Å². The molecule has 0 saturated carbocycles. The molecule has 1 aliphatic rings. The maximum absolute atomic E-state index is 13.7. The van der Waals surface area contributed by atoms with Crippen molar-refractivity contribution in [1.82, 2.24) is 9.55 Å². The Balaban J connectivity index is 1.59. The number of nitrogens with zero attached hydrogens (tertiary/aromatic N) is 2. The van der Waals surface area contributed by atoms with Crippen molar-refractivity contribution in [3.8, 4) is 11.3 Å². The molecule has 1 N–H and O–H groups in total. The van der Waals surface area contributed by atoms with E-state index in [4.69, 9.17) is 4.42 Å². The van der Waals surface area contributed by atoms with Crippen molar-refractivity contribution in [2.75, 3.05) is 0 Å². The molecule has 148 valence electrons. The first-order valence-corrected chi connectivity index (χ1v) is 9.22. The summed E-state index contributed by atoms with van der Waals surface area (Å²) in [4.78, 5) is 4.16. The lowest BCUT2D eigenvalue weighted by atomic mass is 9.92. The van der Waals surface area contributed by atoms with Crippen LogP contribution in [0.2, 0.25) is 0 Å². The summed E-state index contributed by atoms with van der Waals surface area (Å²) in [6.07, 6.45) is -0.998. The van der Waals surface area contributed by atoms with Crippen molar-refractivity contribution in [2.24, 2.45) is 0 Å². The summed E-state index contributed by atoms with van der Waals surface area (Å²) in [6, 6.07) is 9.78. The van der Waals surface area contributed by atoms with E-state index in [0.717, 1.165) is 28.5 Å². The Morgan fingerprint density at radius 1 is 1.24 bits per heavy atom. The molecular weight excluding hydrogens is 381 g/mol. The minimum Gasteiger partial charge on any atom is -0.464 e. The minimum atomic E-state index is -4.60. The number of aromatic nitrogens is 2. The van der Waals surface area contributed by atoms with Crippen molar-refractivity contribution in [3.05, 3.63) is 77.4 Å². The number of hydrogen-bond acceptors (Lipinski definition) is 3. The largest absolute Gasteiger partial charge is 0.464 e. The standard InChI is InChI=1S/C22H17F3N2O2/c1-12-10-29-21-7-17(22(23,24)25)16(6-15(12)21)20(28)8-18-13-4-2-3-5-14(13)19-9-26-11-27(18)19/h2-7,9-11,18,20,28H,8H2,1H3. The summed E-state index contributed by atoms with van der Waals surface area (Å²) in [5.74, 6) is 0. The molecule has 0 bridgehead atoms. The van der Waals surface area contributed by atoms with Crippen molar-refractivity contribution in [3.63, 3.8) is 0 Å². The molecule has 0 aliphatic carbocycles. The number of imidazole rings is 1. The van der Waals surface area contributed by atoms with Crippen LogP contribution in [-0.2, 0) is 6.18 Å². The summed E-state index contributed by atoms with van der Waals surface area (Å²) in [6.45, 7) is 1.76. The Morgan fingerprint density at radius 3 is 2.83 bits per heavy atom. The first-order chi connectivity index (χ1) is 13.8. The number of aryl methyl sites for hydroxylation is 1. The fourth-order valence-corrected chi connectivity index (χ4v) is 4.25.